The number of ether oxygens (including phenoxy) is 1. The molecule has 1 atom stereocenters. The fraction of sp³-hybridized carbons (Fsp3) is 0.500. The smallest absolute Gasteiger partial charge is 0.382 e. The first kappa shape index (κ1) is 21.9. The summed E-state index contributed by atoms with van der Waals surface area (Å²) in [5.74, 6) is -0.894. The third kappa shape index (κ3) is 6.09. The minimum absolute atomic E-state index is 0.00572. The Morgan fingerprint density at radius 3 is 2.64 bits per heavy atom. The lowest BCUT2D eigenvalue weighted by molar-refractivity contribution is -0.510. The Bertz CT molecular complexity index is 731. The molecule has 28 heavy (non-hydrogen) atoms. The van der Waals surface area contributed by atoms with E-state index >= 15 is 0 Å². The zero-order chi connectivity index (χ0) is 20.5. The first-order chi connectivity index (χ1) is 13.4. The van der Waals surface area contributed by atoms with Crippen LogP contribution in [0.15, 0.2) is 30.5 Å². The summed E-state index contributed by atoms with van der Waals surface area (Å²) in [7, 11) is 0. The maximum absolute atomic E-state index is 12.5. The van der Waals surface area contributed by atoms with E-state index in [9.17, 15) is 19.7 Å². The summed E-state index contributed by atoms with van der Waals surface area (Å²) < 4.78 is 6.09. The lowest BCUT2D eigenvalue weighted by Gasteiger charge is -2.23. The van der Waals surface area contributed by atoms with Crippen molar-refractivity contribution >= 4 is 30.8 Å². The van der Waals surface area contributed by atoms with E-state index in [1.807, 2.05) is 0 Å². The monoisotopic (exact) mass is 406 g/mol. The Morgan fingerprint density at radius 2 is 2.00 bits per heavy atom. The second-order valence-electron chi connectivity index (χ2n) is 6.79. The second kappa shape index (κ2) is 10.8. The van der Waals surface area contributed by atoms with Gasteiger partial charge in [-0.3, -0.25) is 19.2 Å². The fourth-order valence-electron chi connectivity index (χ4n) is 3.33. The molecule has 1 aliphatic rings. The number of nitro groups is 1. The number of amides is 1. The molecule has 1 aromatic rings. The molecule has 0 spiro atoms. The van der Waals surface area contributed by atoms with E-state index in [1.165, 1.54) is 4.31 Å². The van der Waals surface area contributed by atoms with E-state index in [4.69, 9.17) is 4.74 Å². The molecule has 1 aromatic carbocycles. The van der Waals surface area contributed by atoms with Gasteiger partial charge in [-0.2, -0.15) is 0 Å². The van der Waals surface area contributed by atoms with Crippen molar-refractivity contribution in [3.05, 3.63) is 51.7 Å². The average molecular weight is 407 g/mol. The van der Waals surface area contributed by atoms with Gasteiger partial charge in [0.15, 0.2) is 0 Å². The van der Waals surface area contributed by atoms with Gasteiger partial charge in [-0.25, -0.2) is 4.79 Å². The van der Waals surface area contributed by atoms with E-state index < -0.39 is 16.9 Å². The predicted octanol–water partition coefficient (Wildman–Crippen LogP) is 3.66. The van der Waals surface area contributed by atoms with Gasteiger partial charge in [-0.1, -0.05) is 56.3 Å². The minimum Gasteiger partial charge on any atom is -0.461 e. The second-order valence-corrected chi connectivity index (χ2v) is 7.22. The molecule has 1 aliphatic carbocycles. The SMILES string of the molecule is CCOC(=O)C(Cc1ccccc1/C=C\N(S)C(=O)C1CCCCC1)[N+](=O)[O-]. The van der Waals surface area contributed by atoms with Crippen molar-refractivity contribution in [3.63, 3.8) is 0 Å². The van der Waals surface area contributed by atoms with Gasteiger partial charge in [0.05, 0.1) is 13.0 Å². The van der Waals surface area contributed by atoms with Gasteiger partial charge < -0.3 is 4.74 Å². The van der Waals surface area contributed by atoms with Crippen molar-refractivity contribution in [1.82, 2.24) is 4.31 Å². The third-order valence-electron chi connectivity index (χ3n) is 4.86. The maximum atomic E-state index is 12.5. The molecule has 1 saturated carbocycles. The molecule has 1 amide bonds. The van der Waals surface area contributed by atoms with Crippen LogP contribution in [0.1, 0.15) is 50.2 Å². The molecule has 0 bridgehead atoms. The van der Waals surface area contributed by atoms with Gasteiger partial charge in [-0.05, 0) is 37.0 Å². The highest BCUT2D eigenvalue weighted by Crippen LogP contribution is 2.26. The molecular weight excluding hydrogens is 380 g/mol. The molecule has 0 heterocycles. The molecule has 1 unspecified atom stereocenters. The Labute approximate surface area is 170 Å². The predicted molar refractivity (Wildman–Crippen MR) is 109 cm³/mol. The van der Waals surface area contributed by atoms with Crippen LogP contribution in [0, 0.1) is 16.0 Å². The molecule has 0 radical (unpaired) electrons. The normalized spacial score (nSPS) is 15.9. The lowest BCUT2D eigenvalue weighted by atomic mass is 9.89. The van der Waals surface area contributed by atoms with Crippen molar-refractivity contribution < 1.29 is 19.2 Å². The number of carbonyl (C=O) groups excluding carboxylic acids is 2. The number of benzene rings is 1. The molecule has 7 nitrogen and oxygen atoms in total. The van der Waals surface area contributed by atoms with E-state index in [1.54, 1.807) is 43.5 Å². The number of carbonyl (C=O) groups is 2. The van der Waals surface area contributed by atoms with Crippen LogP contribution in [0.25, 0.3) is 6.08 Å². The molecule has 1 fully saturated rings. The summed E-state index contributed by atoms with van der Waals surface area (Å²) in [5, 5.41) is 11.3. The Hall–Kier alpha value is -2.35. The number of hydrogen-bond donors (Lipinski definition) is 1. The quantitative estimate of drug-likeness (QED) is 0.308. The van der Waals surface area contributed by atoms with E-state index in [-0.39, 0.29) is 24.9 Å². The zero-order valence-electron chi connectivity index (χ0n) is 16.0. The fourth-order valence-corrected chi connectivity index (χ4v) is 3.56. The summed E-state index contributed by atoms with van der Waals surface area (Å²) in [6, 6.07) is 5.58. The van der Waals surface area contributed by atoms with E-state index in [0.717, 1.165) is 32.1 Å². The number of nitrogens with zero attached hydrogens (tertiary/aromatic N) is 2. The maximum Gasteiger partial charge on any atom is 0.382 e. The van der Waals surface area contributed by atoms with E-state index in [0.29, 0.717) is 11.1 Å². The Balaban J connectivity index is 2.11. The van der Waals surface area contributed by atoms with E-state index in [2.05, 4.69) is 12.8 Å². The molecular formula is C20H26N2O5S. The first-order valence-corrected chi connectivity index (χ1v) is 9.92. The van der Waals surface area contributed by atoms with Crippen LogP contribution >= 0.6 is 12.8 Å². The van der Waals surface area contributed by atoms with Crippen molar-refractivity contribution in [3.8, 4) is 0 Å². The molecule has 8 heteroatoms. The number of rotatable bonds is 8. The number of esters is 1. The number of thiol groups is 1. The summed E-state index contributed by atoms with van der Waals surface area (Å²) in [4.78, 5) is 35.0. The zero-order valence-corrected chi connectivity index (χ0v) is 16.8. The van der Waals surface area contributed by atoms with Crippen LogP contribution in [-0.2, 0) is 20.7 Å². The lowest BCUT2D eigenvalue weighted by Crippen LogP contribution is -2.33. The largest absolute Gasteiger partial charge is 0.461 e. The van der Waals surface area contributed by atoms with Crippen molar-refractivity contribution in [2.75, 3.05) is 6.61 Å². The molecule has 0 aliphatic heterocycles. The van der Waals surface area contributed by atoms with Crippen LogP contribution < -0.4 is 0 Å². The van der Waals surface area contributed by atoms with Gasteiger partial charge in [-0.15, -0.1) is 0 Å². The van der Waals surface area contributed by atoms with Crippen LogP contribution in [0.5, 0.6) is 0 Å². The van der Waals surface area contributed by atoms with Gasteiger partial charge in [0, 0.05) is 17.0 Å². The Morgan fingerprint density at radius 1 is 1.32 bits per heavy atom. The summed E-state index contributed by atoms with van der Waals surface area (Å²) in [6.07, 6.45) is 8.19. The highest BCUT2D eigenvalue weighted by Gasteiger charge is 2.32. The van der Waals surface area contributed by atoms with Crippen molar-refractivity contribution in [2.45, 2.75) is 51.5 Å². The molecule has 0 aromatic heterocycles. The minimum atomic E-state index is -1.47. The summed E-state index contributed by atoms with van der Waals surface area (Å²) in [6.45, 7) is 1.69. The molecule has 152 valence electrons. The summed E-state index contributed by atoms with van der Waals surface area (Å²) in [5.41, 5.74) is 1.31. The number of hydrogen-bond acceptors (Lipinski definition) is 6. The summed E-state index contributed by atoms with van der Waals surface area (Å²) >= 11 is 4.28. The molecule has 0 N–H and O–H groups in total. The highest BCUT2D eigenvalue weighted by atomic mass is 32.1. The van der Waals surface area contributed by atoms with Gasteiger partial charge in [0.25, 0.3) is 0 Å². The molecule has 0 saturated heterocycles. The van der Waals surface area contributed by atoms with Crippen LogP contribution in [0.4, 0.5) is 0 Å². The van der Waals surface area contributed by atoms with Crippen LogP contribution in [0.2, 0.25) is 0 Å². The van der Waals surface area contributed by atoms with Crippen molar-refractivity contribution in [1.29, 1.82) is 0 Å². The van der Waals surface area contributed by atoms with Gasteiger partial charge in [0.2, 0.25) is 5.91 Å². The topological polar surface area (TPSA) is 89.8 Å². The van der Waals surface area contributed by atoms with Crippen molar-refractivity contribution in [2.24, 2.45) is 5.92 Å². The highest BCUT2D eigenvalue weighted by molar-refractivity contribution is 7.78. The van der Waals surface area contributed by atoms with Gasteiger partial charge in [0.1, 0.15) is 0 Å². The standard InChI is InChI=1S/C20H26N2O5S/c1-2-27-20(24)18(22(25)26)14-17-11-7-6-8-15(17)12-13-21(28)19(23)16-9-4-3-5-10-16/h6-8,11-13,16,18,28H,2-5,9-10,14H2,1H3/b13-12-. The molecule has 2 rings (SSSR count). The third-order valence-corrected chi connectivity index (χ3v) is 5.19. The van der Waals surface area contributed by atoms with Crippen LogP contribution in [-0.4, -0.2) is 33.8 Å². The van der Waals surface area contributed by atoms with Crippen LogP contribution in [0.3, 0.4) is 0 Å². The first-order valence-electron chi connectivity index (χ1n) is 9.52. The average Bonchev–Trinajstić information content (AvgIpc) is 2.70. The van der Waals surface area contributed by atoms with Gasteiger partial charge >= 0.3 is 12.0 Å². The Kier molecular flexibility index (Phi) is 8.50.